The standard InChI is InChI=1S/C23H30N4O2/c1-3-4-7-27-16-18-13-20(12-17(2)22(18)23(27)28)25-15-19-14-24-6-5-21(19)26-8-10-29-11-9-26/h5-6,12-14,25H,3-4,7-11,15-16H2,1-2H3. The van der Waals surface area contributed by atoms with Crippen LogP contribution in [-0.2, 0) is 17.8 Å². The molecule has 4 rings (SSSR count). The zero-order valence-corrected chi connectivity index (χ0v) is 17.4. The van der Waals surface area contributed by atoms with Crippen molar-refractivity contribution < 1.29 is 9.53 Å². The number of anilines is 2. The minimum Gasteiger partial charge on any atom is -0.381 e. The van der Waals surface area contributed by atoms with E-state index in [4.69, 9.17) is 4.74 Å². The molecule has 0 saturated carbocycles. The quantitative estimate of drug-likeness (QED) is 0.778. The number of pyridine rings is 1. The van der Waals surface area contributed by atoms with Crippen LogP contribution in [0.15, 0.2) is 30.6 Å². The van der Waals surface area contributed by atoms with Crippen molar-refractivity contribution in [2.45, 2.75) is 39.8 Å². The first-order chi connectivity index (χ1) is 14.2. The fraction of sp³-hybridized carbons (Fsp3) is 0.478. The minimum atomic E-state index is 0.180. The van der Waals surface area contributed by atoms with E-state index in [0.717, 1.165) is 74.6 Å². The average molecular weight is 395 g/mol. The fourth-order valence-corrected chi connectivity index (χ4v) is 4.22. The second-order valence-electron chi connectivity index (χ2n) is 7.86. The molecule has 29 heavy (non-hydrogen) atoms. The predicted octanol–water partition coefficient (Wildman–Crippen LogP) is 3.59. The summed E-state index contributed by atoms with van der Waals surface area (Å²) in [6.45, 7) is 9.80. The lowest BCUT2D eigenvalue weighted by molar-refractivity contribution is 0.0776. The summed E-state index contributed by atoms with van der Waals surface area (Å²) >= 11 is 0. The van der Waals surface area contributed by atoms with Crippen LogP contribution in [0.4, 0.5) is 11.4 Å². The van der Waals surface area contributed by atoms with E-state index in [1.54, 1.807) is 0 Å². The Kier molecular flexibility index (Phi) is 6.00. The SMILES string of the molecule is CCCCN1Cc2cc(NCc3cnccc3N3CCOCC3)cc(C)c2C1=O. The first-order valence-corrected chi connectivity index (χ1v) is 10.6. The van der Waals surface area contributed by atoms with E-state index in [2.05, 4.69) is 40.3 Å². The summed E-state index contributed by atoms with van der Waals surface area (Å²) in [5.74, 6) is 0.180. The molecule has 1 N–H and O–H groups in total. The van der Waals surface area contributed by atoms with Gasteiger partial charge < -0.3 is 19.9 Å². The van der Waals surface area contributed by atoms with Crippen molar-refractivity contribution in [3.05, 3.63) is 52.8 Å². The number of carbonyl (C=O) groups is 1. The molecular formula is C23H30N4O2. The topological polar surface area (TPSA) is 57.7 Å². The third-order valence-electron chi connectivity index (χ3n) is 5.77. The third-order valence-corrected chi connectivity index (χ3v) is 5.77. The van der Waals surface area contributed by atoms with Crippen molar-refractivity contribution in [3.8, 4) is 0 Å². The van der Waals surface area contributed by atoms with E-state index in [0.29, 0.717) is 6.54 Å². The van der Waals surface area contributed by atoms with Gasteiger partial charge in [0, 0.05) is 67.6 Å². The number of benzene rings is 1. The first-order valence-electron chi connectivity index (χ1n) is 10.6. The Morgan fingerprint density at radius 2 is 2.07 bits per heavy atom. The van der Waals surface area contributed by atoms with Gasteiger partial charge in [0.25, 0.3) is 5.91 Å². The van der Waals surface area contributed by atoms with Crippen LogP contribution in [0.1, 0.15) is 46.8 Å². The van der Waals surface area contributed by atoms with E-state index in [9.17, 15) is 4.79 Å². The molecule has 0 unspecified atom stereocenters. The lowest BCUT2D eigenvalue weighted by Gasteiger charge is -2.30. The van der Waals surface area contributed by atoms with Crippen molar-refractivity contribution in [1.29, 1.82) is 0 Å². The molecule has 6 nitrogen and oxygen atoms in total. The molecule has 0 atom stereocenters. The number of hydrogen-bond acceptors (Lipinski definition) is 5. The number of morpholine rings is 1. The van der Waals surface area contributed by atoms with Gasteiger partial charge in [-0.2, -0.15) is 0 Å². The minimum absolute atomic E-state index is 0.180. The molecule has 0 aliphatic carbocycles. The summed E-state index contributed by atoms with van der Waals surface area (Å²) in [4.78, 5) is 21.4. The number of aryl methyl sites for hydroxylation is 1. The predicted molar refractivity (Wildman–Crippen MR) is 115 cm³/mol. The molecular weight excluding hydrogens is 364 g/mol. The maximum atomic E-state index is 12.7. The molecule has 1 saturated heterocycles. The van der Waals surface area contributed by atoms with E-state index < -0.39 is 0 Å². The molecule has 2 aromatic rings. The van der Waals surface area contributed by atoms with Gasteiger partial charge in [0.1, 0.15) is 0 Å². The molecule has 3 heterocycles. The molecule has 2 aliphatic heterocycles. The highest BCUT2D eigenvalue weighted by Gasteiger charge is 2.28. The number of rotatable bonds is 7. The highest BCUT2D eigenvalue weighted by atomic mass is 16.5. The van der Waals surface area contributed by atoms with Crippen molar-refractivity contribution >= 4 is 17.3 Å². The van der Waals surface area contributed by atoms with E-state index in [1.807, 2.05) is 24.2 Å². The normalized spacial score (nSPS) is 16.3. The Balaban J connectivity index is 1.48. The zero-order valence-electron chi connectivity index (χ0n) is 17.4. The second-order valence-corrected chi connectivity index (χ2v) is 7.86. The molecule has 0 spiro atoms. The highest BCUT2D eigenvalue weighted by molar-refractivity contribution is 6.00. The van der Waals surface area contributed by atoms with Gasteiger partial charge in [-0.25, -0.2) is 0 Å². The van der Waals surface area contributed by atoms with E-state index in [1.165, 1.54) is 11.3 Å². The molecule has 1 fully saturated rings. The Labute approximate surface area is 172 Å². The number of aromatic nitrogens is 1. The summed E-state index contributed by atoms with van der Waals surface area (Å²) in [6.07, 6.45) is 5.94. The van der Waals surface area contributed by atoms with Crippen molar-refractivity contribution in [3.63, 3.8) is 0 Å². The fourth-order valence-electron chi connectivity index (χ4n) is 4.22. The number of hydrogen-bond donors (Lipinski definition) is 1. The second kappa shape index (κ2) is 8.82. The smallest absolute Gasteiger partial charge is 0.254 e. The van der Waals surface area contributed by atoms with Gasteiger partial charge in [-0.15, -0.1) is 0 Å². The molecule has 0 bridgehead atoms. The molecule has 2 aliphatic rings. The van der Waals surface area contributed by atoms with Gasteiger partial charge in [0.2, 0.25) is 0 Å². The van der Waals surface area contributed by atoms with Crippen LogP contribution >= 0.6 is 0 Å². The summed E-state index contributed by atoms with van der Waals surface area (Å²) in [6, 6.07) is 6.31. The first kappa shape index (κ1) is 19.7. The average Bonchev–Trinajstić information content (AvgIpc) is 3.07. The Morgan fingerprint density at radius 3 is 2.86 bits per heavy atom. The van der Waals surface area contributed by atoms with Crippen molar-refractivity contribution in [2.24, 2.45) is 0 Å². The highest BCUT2D eigenvalue weighted by Crippen LogP contribution is 2.30. The van der Waals surface area contributed by atoms with Crippen molar-refractivity contribution in [1.82, 2.24) is 9.88 Å². The zero-order chi connectivity index (χ0) is 20.2. The summed E-state index contributed by atoms with van der Waals surface area (Å²) in [5, 5.41) is 3.56. The maximum absolute atomic E-state index is 12.7. The summed E-state index contributed by atoms with van der Waals surface area (Å²) in [7, 11) is 0. The number of nitrogens with zero attached hydrogens (tertiary/aromatic N) is 3. The van der Waals surface area contributed by atoms with Crippen LogP contribution in [0.5, 0.6) is 0 Å². The lowest BCUT2D eigenvalue weighted by atomic mass is 10.0. The molecule has 1 aromatic heterocycles. The van der Waals surface area contributed by atoms with E-state index >= 15 is 0 Å². The van der Waals surface area contributed by atoms with Crippen LogP contribution in [0.2, 0.25) is 0 Å². The number of ether oxygens (including phenoxy) is 1. The summed E-state index contributed by atoms with van der Waals surface area (Å²) < 4.78 is 5.48. The van der Waals surface area contributed by atoms with Gasteiger partial charge >= 0.3 is 0 Å². The van der Waals surface area contributed by atoms with Crippen LogP contribution in [0.3, 0.4) is 0 Å². The third kappa shape index (κ3) is 4.22. The monoisotopic (exact) mass is 394 g/mol. The van der Waals surface area contributed by atoms with Gasteiger partial charge in [0.15, 0.2) is 0 Å². The van der Waals surface area contributed by atoms with Crippen LogP contribution in [-0.4, -0.2) is 48.6 Å². The Morgan fingerprint density at radius 1 is 1.24 bits per heavy atom. The largest absolute Gasteiger partial charge is 0.381 e. The molecule has 1 aromatic carbocycles. The molecule has 6 heteroatoms. The summed E-state index contributed by atoms with van der Waals surface area (Å²) in [5.41, 5.74) is 6.52. The van der Waals surface area contributed by atoms with E-state index in [-0.39, 0.29) is 5.91 Å². The Bertz CT molecular complexity index is 877. The molecule has 1 amide bonds. The number of carbonyl (C=O) groups excluding carboxylic acids is 1. The van der Waals surface area contributed by atoms with Gasteiger partial charge in [0.05, 0.1) is 13.2 Å². The number of fused-ring (bicyclic) bond motifs is 1. The van der Waals surface area contributed by atoms with Crippen LogP contribution in [0, 0.1) is 6.92 Å². The number of nitrogens with one attached hydrogen (secondary N) is 1. The number of amides is 1. The number of unbranched alkanes of at least 4 members (excludes halogenated alkanes) is 1. The van der Waals surface area contributed by atoms with Crippen LogP contribution < -0.4 is 10.2 Å². The van der Waals surface area contributed by atoms with Crippen LogP contribution in [0.25, 0.3) is 0 Å². The molecule has 154 valence electrons. The lowest BCUT2D eigenvalue weighted by Crippen LogP contribution is -2.36. The molecule has 0 radical (unpaired) electrons. The van der Waals surface area contributed by atoms with Gasteiger partial charge in [-0.05, 0) is 42.7 Å². The van der Waals surface area contributed by atoms with Crippen molar-refractivity contribution in [2.75, 3.05) is 43.1 Å². The Hall–Kier alpha value is -2.60. The van der Waals surface area contributed by atoms with Gasteiger partial charge in [-0.3, -0.25) is 9.78 Å². The van der Waals surface area contributed by atoms with Gasteiger partial charge in [-0.1, -0.05) is 13.3 Å². The maximum Gasteiger partial charge on any atom is 0.254 e.